The van der Waals surface area contributed by atoms with Crippen LogP contribution >= 0.6 is 0 Å². The van der Waals surface area contributed by atoms with Gasteiger partial charge in [-0.15, -0.1) is 0 Å². The first-order chi connectivity index (χ1) is 8.21. The molecular formula is C13H18O4. The summed E-state index contributed by atoms with van der Waals surface area (Å²) >= 11 is 0. The van der Waals surface area contributed by atoms with Crippen molar-refractivity contribution in [3.63, 3.8) is 0 Å². The lowest BCUT2D eigenvalue weighted by atomic mass is 10.1. The van der Waals surface area contributed by atoms with E-state index in [0.717, 1.165) is 29.9 Å². The highest BCUT2D eigenvalue weighted by Gasteiger charge is 2.06. The number of hydrogen-bond donors (Lipinski definition) is 0. The van der Waals surface area contributed by atoms with E-state index in [-0.39, 0.29) is 5.97 Å². The van der Waals surface area contributed by atoms with E-state index in [1.54, 1.807) is 14.2 Å². The molecule has 0 saturated carbocycles. The summed E-state index contributed by atoms with van der Waals surface area (Å²) in [4.78, 5) is 11.0. The zero-order valence-corrected chi connectivity index (χ0v) is 10.5. The number of hydrogen-bond acceptors (Lipinski definition) is 4. The van der Waals surface area contributed by atoms with Crippen LogP contribution in [0.15, 0.2) is 18.2 Å². The second-order valence-electron chi connectivity index (χ2n) is 3.61. The molecule has 0 heterocycles. The number of methoxy groups -OCH3 is 3. The van der Waals surface area contributed by atoms with Crippen LogP contribution in [0.1, 0.15) is 18.4 Å². The van der Waals surface area contributed by atoms with Gasteiger partial charge in [0.1, 0.15) is 11.5 Å². The van der Waals surface area contributed by atoms with Crippen LogP contribution in [-0.4, -0.2) is 27.3 Å². The maximum atomic E-state index is 11.0. The monoisotopic (exact) mass is 238 g/mol. The minimum absolute atomic E-state index is 0.183. The van der Waals surface area contributed by atoms with E-state index >= 15 is 0 Å². The van der Waals surface area contributed by atoms with Crippen LogP contribution in [0, 0.1) is 0 Å². The van der Waals surface area contributed by atoms with Crippen molar-refractivity contribution in [2.75, 3.05) is 21.3 Å². The molecule has 0 aliphatic rings. The van der Waals surface area contributed by atoms with E-state index in [1.807, 2.05) is 18.2 Å². The maximum absolute atomic E-state index is 11.0. The third-order valence-corrected chi connectivity index (χ3v) is 2.55. The molecule has 0 amide bonds. The molecule has 1 aromatic rings. The summed E-state index contributed by atoms with van der Waals surface area (Å²) in [7, 11) is 4.64. The zero-order chi connectivity index (χ0) is 12.7. The van der Waals surface area contributed by atoms with Gasteiger partial charge < -0.3 is 14.2 Å². The molecule has 0 aromatic heterocycles. The van der Waals surface area contributed by atoms with Gasteiger partial charge in [-0.2, -0.15) is 0 Å². The van der Waals surface area contributed by atoms with Crippen molar-refractivity contribution in [2.24, 2.45) is 0 Å². The van der Waals surface area contributed by atoms with Gasteiger partial charge in [-0.3, -0.25) is 4.79 Å². The number of ether oxygens (including phenoxy) is 3. The van der Waals surface area contributed by atoms with Crippen molar-refractivity contribution in [3.05, 3.63) is 23.8 Å². The fourth-order valence-corrected chi connectivity index (χ4v) is 1.58. The van der Waals surface area contributed by atoms with Crippen molar-refractivity contribution in [1.82, 2.24) is 0 Å². The quantitative estimate of drug-likeness (QED) is 0.713. The van der Waals surface area contributed by atoms with E-state index in [4.69, 9.17) is 9.47 Å². The average molecular weight is 238 g/mol. The van der Waals surface area contributed by atoms with Crippen molar-refractivity contribution in [3.8, 4) is 11.5 Å². The molecule has 1 aromatic carbocycles. The van der Waals surface area contributed by atoms with E-state index in [0.29, 0.717) is 6.42 Å². The molecule has 4 heteroatoms. The van der Waals surface area contributed by atoms with Gasteiger partial charge in [-0.1, -0.05) is 6.07 Å². The van der Waals surface area contributed by atoms with Gasteiger partial charge in [-0.25, -0.2) is 0 Å². The Morgan fingerprint density at radius 3 is 2.53 bits per heavy atom. The van der Waals surface area contributed by atoms with Crippen LogP contribution in [0.5, 0.6) is 11.5 Å². The standard InChI is InChI=1S/C13H18O4/c1-15-11-8-7-10(12(9-11)16-2)5-4-6-13(14)17-3/h7-9H,4-6H2,1-3H3. The molecule has 0 fully saturated rings. The predicted molar refractivity (Wildman–Crippen MR) is 64.5 cm³/mol. The van der Waals surface area contributed by atoms with Crippen LogP contribution in [0.3, 0.4) is 0 Å². The molecule has 1 rings (SSSR count). The Hall–Kier alpha value is -1.71. The average Bonchev–Trinajstić information content (AvgIpc) is 2.38. The van der Waals surface area contributed by atoms with E-state index in [1.165, 1.54) is 7.11 Å². The van der Waals surface area contributed by atoms with Gasteiger partial charge in [0.25, 0.3) is 0 Å². The molecular weight excluding hydrogens is 220 g/mol. The molecule has 0 saturated heterocycles. The van der Waals surface area contributed by atoms with Gasteiger partial charge in [0.15, 0.2) is 0 Å². The van der Waals surface area contributed by atoms with E-state index in [9.17, 15) is 4.79 Å². The highest BCUT2D eigenvalue weighted by molar-refractivity contribution is 5.69. The highest BCUT2D eigenvalue weighted by atomic mass is 16.5. The predicted octanol–water partition coefficient (Wildman–Crippen LogP) is 2.20. The van der Waals surface area contributed by atoms with E-state index < -0.39 is 0 Å². The molecule has 0 N–H and O–H groups in total. The summed E-state index contributed by atoms with van der Waals surface area (Å²) in [5.41, 5.74) is 1.07. The molecule has 0 aliphatic carbocycles. The van der Waals surface area contributed by atoms with Gasteiger partial charge in [0.2, 0.25) is 0 Å². The molecule has 4 nitrogen and oxygen atoms in total. The Kier molecular flexibility index (Phi) is 5.33. The maximum Gasteiger partial charge on any atom is 0.305 e. The summed E-state index contributed by atoms with van der Waals surface area (Å²) in [5.74, 6) is 1.37. The smallest absolute Gasteiger partial charge is 0.305 e. The zero-order valence-electron chi connectivity index (χ0n) is 10.5. The first kappa shape index (κ1) is 13.4. The Labute approximate surface area is 101 Å². The number of carbonyl (C=O) groups excluding carboxylic acids is 1. The van der Waals surface area contributed by atoms with Crippen molar-refractivity contribution in [2.45, 2.75) is 19.3 Å². The van der Waals surface area contributed by atoms with Crippen LogP contribution in [0.4, 0.5) is 0 Å². The van der Waals surface area contributed by atoms with Gasteiger partial charge in [0.05, 0.1) is 21.3 Å². The molecule has 0 aliphatic heterocycles. The second-order valence-corrected chi connectivity index (χ2v) is 3.61. The van der Waals surface area contributed by atoms with Crippen molar-refractivity contribution in [1.29, 1.82) is 0 Å². The summed E-state index contributed by atoms with van der Waals surface area (Å²) in [6.07, 6.45) is 1.95. The highest BCUT2D eigenvalue weighted by Crippen LogP contribution is 2.25. The minimum atomic E-state index is -0.183. The molecule has 17 heavy (non-hydrogen) atoms. The topological polar surface area (TPSA) is 44.8 Å². The third-order valence-electron chi connectivity index (χ3n) is 2.55. The fraction of sp³-hybridized carbons (Fsp3) is 0.462. The van der Waals surface area contributed by atoms with E-state index in [2.05, 4.69) is 4.74 Å². The van der Waals surface area contributed by atoms with Gasteiger partial charge in [-0.05, 0) is 24.5 Å². The third kappa shape index (κ3) is 3.98. The Morgan fingerprint density at radius 1 is 1.18 bits per heavy atom. The minimum Gasteiger partial charge on any atom is -0.497 e. The molecule has 0 bridgehead atoms. The Bertz CT molecular complexity index is 374. The SMILES string of the molecule is COC(=O)CCCc1ccc(OC)cc1OC. The van der Waals surface area contributed by atoms with Crippen LogP contribution in [0.2, 0.25) is 0 Å². The van der Waals surface area contributed by atoms with Crippen molar-refractivity contribution < 1.29 is 19.0 Å². The summed E-state index contributed by atoms with van der Waals surface area (Å²) in [6.45, 7) is 0. The number of carbonyl (C=O) groups is 1. The van der Waals surface area contributed by atoms with Crippen molar-refractivity contribution >= 4 is 5.97 Å². The summed E-state index contributed by atoms with van der Waals surface area (Å²) in [6, 6.07) is 5.68. The Morgan fingerprint density at radius 2 is 1.94 bits per heavy atom. The first-order valence-electron chi connectivity index (χ1n) is 5.49. The molecule has 94 valence electrons. The lowest BCUT2D eigenvalue weighted by molar-refractivity contribution is -0.140. The number of benzene rings is 1. The lowest BCUT2D eigenvalue weighted by Gasteiger charge is -2.09. The van der Waals surface area contributed by atoms with Gasteiger partial charge in [0, 0.05) is 12.5 Å². The lowest BCUT2D eigenvalue weighted by Crippen LogP contribution is -2.01. The van der Waals surface area contributed by atoms with Crippen LogP contribution in [-0.2, 0) is 16.0 Å². The summed E-state index contributed by atoms with van der Waals surface area (Å²) < 4.78 is 15.0. The number of aryl methyl sites for hydroxylation is 1. The Balaban J connectivity index is 2.61. The first-order valence-corrected chi connectivity index (χ1v) is 5.49. The van der Waals surface area contributed by atoms with Crippen LogP contribution < -0.4 is 9.47 Å². The number of rotatable bonds is 6. The molecule has 0 atom stereocenters. The molecule has 0 radical (unpaired) electrons. The van der Waals surface area contributed by atoms with Gasteiger partial charge >= 0.3 is 5.97 Å². The summed E-state index contributed by atoms with van der Waals surface area (Å²) in [5, 5.41) is 0. The molecule has 0 unspecified atom stereocenters. The largest absolute Gasteiger partial charge is 0.497 e. The number of esters is 1. The fourth-order valence-electron chi connectivity index (χ4n) is 1.58. The normalized spacial score (nSPS) is 9.82. The second kappa shape index (κ2) is 6.78. The van der Waals surface area contributed by atoms with Crippen LogP contribution in [0.25, 0.3) is 0 Å². The molecule has 0 spiro atoms.